The molecule has 3 aromatic rings. The van der Waals surface area contributed by atoms with Crippen molar-refractivity contribution in [2.75, 3.05) is 11.9 Å². The van der Waals surface area contributed by atoms with E-state index in [9.17, 15) is 9.18 Å². The minimum absolute atomic E-state index is 0.110. The summed E-state index contributed by atoms with van der Waals surface area (Å²) in [6.45, 7) is 0.110. The zero-order valence-corrected chi connectivity index (χ0v) is 12.3. The third-order valence-electron chi connectivity index (χ3n) is 3.38. The van der Waals surface area contributed by atoms with Crippen LogP contribution in [0, 0.1) is 5.82 Å². The van der Waals surface area contributed by atoms with Gasteiger partial charge in [-0.25, -0.2) is 4.39 Å². The van der Waals surface area contributed by atoms with Gasteiger partial charge in [0.2, 0.25) is 5.91 Å². The Bertz CT molecular complexity index is 831. The number of pyridine rings is 1. The topological polar surface area (TPSA) is 51.2 Å². The monoisotopic (exact) mass is 310 g/mol. The summed E-state index contributed by atoms with van der Waals surface area (Å²) in [4.78, 5) is 16.1. The van der Waals surface area contributed by atoms with Gasteiger partial charge < -0.3 is 10.1 Å². The molecule has 0 saturated carbocycles. The summed E-state index contributed by atoms with van der Waals surface area (Å²) in [7, 11) is 0. The summed E-state index contributed by atoms with van der Waals surface area (Å²) >= 11 is 0. The highest BCUT2D eigenvalue weighted by atomic mass is 19.1. The van der Waals surface area contributed by atoms with Gasteiger partial charge in [-0.15, -0.1) is 0 Å². The molecule has 1 heterocycles. The number of amides is 1. The molecular formula is C18H15FN2O2. The molecule has 0 unspecified atom stereocenters. The van der Waals surface area contributed by atoms with Crippen molar-refractivity contribution in [1.29, 1.82) is 0 Å². The number of hydrogen-bond acceptors (Lipinski definition) is 3. The molecule has 0 spiro atoms. The standard InChI is InChI=1S/C18H15FN2O2/c19-15-5-1-2-7-17(15)23-11-9-18(22)21-16-6-3-4-13-12-20-10-8-14(13)16/h1-8,10,12H,9,11H2,(H,21,22). The quantitative estimate of drug-likeness (QED) is 0.780. The van der Waals surface area contributed by atoms with Gasteiger partial charge in [-0.05, 0) is 24.3 Å². The fourth-order valence-corrected chi connectivity index (χ4v) is 2.26. The molecule has 2 aromatic carbocycles. The first-order chi connectivity index (χ1) is 11.2. The molecule has 5 heteroatoms. The molecule has 0 bridgehead atoms. The van der Waals surface area contributed by atoms with Crippen LogP contribution in [-0.2, 0) is 4.79 Å². The van der Waals surface area contributed by atoms with E-state index in [0.29, 0.717) is 0 Å². The number of carbonyl (C=O) groups excluding carboxylic acids is 1. The number of ether oxygens (including phenoxy) is 1. The Hall–Kier alpha value is -2.95. The van der Waals surface area contributed by atoms with E-state index < -0.39 is 5.82 Å². The fraction of sp³-hybridized carbons (Fsp3) is 0.111. The molecule has 1 aromatic heterocycles. The number of hydrogen-bond donors (Lipinski definition) is 1. The Kier molecular flexibility index (Phi) is 4.47. The van der Waals surface area contributed by atoms with Crippen LogP contribution in [0.15, 0.2) is 60.9 Å². The van der Waals surface area contributed by atoms with Crippen LogP contribution < -0.4 is 10.1 Å². The Morgan fingerprint density at radius 3 is 2.87 bits per heavy atom. The molecule has 1 N–H and O–H groups in total. The average Bonchev–Trinajstić information content (AvgIpc) is 2.57. The largest absolute Gasteiger partial charge is 0.490 e. The second-order valence-corrected chi connectivity index (χ2v) is 4.98. The number of anilines is 1. The van der Waals surface area contributed by atoms with Crippen molar-refractivity contribution in [3.8, 4) is 5.75 Å². The Morgan fingerprint density at radius 1 is 1.13 bits per heavy atom. The van der Waals surface area contributed by atoms with Crippen molar-refractivity contribution in [2.45, 2.75) is 6.42 Å². The fourth-order valence-electron chi connectivity index (χ4n) is 2.26. The molecule has 0 saturated heterocycles. The van der Waals surface area contributed by atoms with Gasteiger partial charge in [0, 0.05) is 28.9 Å². The van der Waals surface area contributed by atoms with Crippen LogP contribution in [-0.4, -0.2) is 17.5 Å². The third kappa shape index (κ3) is 3.63. The molecule has 4 nitrogen and oxygen atoms in total. The third-order valence-corrected chi connectivity index (χ3v) is 3.38. The van der Waals surface area contributed by atoms with Crippen molar-refractivity contribution >= 4 is 22.4 Å². The number of rotatable bonds is 5. The average molecular weight is 310 g/mol. The lowest BCUT2D eigenvalue weighted by Crippen LogP contribution is -2.15. The number of fused-ring (bicyclic) bond motifs is 1. The summed E-state index contributed by atoms with van der Waals surface area (Å²) in [6, 6.07) is 13.6. The Labute approximate surface area is 132 Å². The molecule has 0 aliphatic rings. The van der Waals surface area contributed by atoms with E-state index in [1.807, 2.05) is 24.3 Å². The second-order valence-electron chi connectivity index (χ2n) is 4.98. The van der Waals surface area contributed by atoms with Crippen molar-refractivity contribution in [2.24, 2.45) is 0 Å². The van der Waals surface area contributed by atoms with Gasteiger partial charge in [0.15, 0.2) is 11.6 Å². The van der Waals surface area contributed by atoms with E-state index in [2.05, 4.69) is 10.3 Å². The molecular weight excluding hydrogens is 295 g/mol. The molecule has 0 fully saturated rings. The van der Waals surface area contributed by atoms with Gasteiger partial charge in [-0.3, -0.25) is 9.78 Å². The van der Waals surface area contributed by atoms with Crippen LogP contribution >= 0.6 is 0 Å². The van der Waals surface area contributed by atoms with E-state index >= 15 is 0 Å². The highest BCUT2D eigenvalue weighted by Crippen LogP contribution is 2.22. The maximum atomic E-state index is 13.4. The Morgan fingerprint density at radius 2 is 2.00 bits per heavy atom. The number of carbonyl (C=O) groups is 1. The van der Waals surface area contributed by atoms with Gasteiger partial charge in [0.25, 0.3) is 0 Å². The number of halogens is 1. The molecule has 23 heavy (non-hydrogen) atoms. The lowest BCUT2D eigenvalue weighted by molar-refractivity contribution is -0.116. The van der Waals surface area contributed by atoms with Crippen LogP contribution in [0.3, 0.4) is 0 Å². The van der Waals surface area contributed by atoms with Crippen LogP contribution in [0.25, 0.3) is 10.8 Å². The SMILES string of the molecule is O=C(CCOc1ccccc1F)Nc1cccc2cnccc12. The highest BCUT2D eigenvalue weighted by molar-refractivity contribution is 6.01. The number of benzene rings is 2. The highest BCUT2D eigenvalue weighted by Gasteiger charge is 2.07. The normalized spacial score (nSPS) is 10.5. The van der Waals surface area contributed by atoms with Crippen molar-refractivity contribution in [3.63, 3.8) is 0 Å². The first kappa shape index (κ1) is 15.0. The summed E-state index contributed by atoms with van der Waals surface area (Å²) in [5, 5.41) is 4.72. The molecule has 0 atom stereocenters. The molecule has 0 aliphatic carbocycles. The molecule has 1 amide bonds. The zero-order chi connectivity index (χ0) is 16.1. The smallest absolute Gasteiger partial charge is 0.227 e. The lowest BCUT2D eigenvalue weighted by atomic mass is 10.1. The van der Waals surface area contributed by atoms with Gasteiger partial charge in [-0.2, -0.15) is 0 Å². The summed E-state index contributed by atoms with van der Waals surface area (Å²) in [6.07, 6.45) is 3.56. The maximum Gasteiger partial charge on any atom is 0.227 e. The van der Waals surface area contributed by atoms with E-state index in [0.717, 1.165) is 16.5 Å². The molecule has 3 rings (SSSR count). The molecule has 116 valence electrons. The first-order valence-corrected chi connectivity index (χ1v) is 7.24. The first-order valence-electron chi connectivity index (χ1n) is 7.24. The number of aromatic nitrogens is 1. The van der Waals surface area contributed by atoms with Gasteiger partial charge >= 0.3 is 0 Å². The van der Waals surface area contributed by atoms with E-state index in [1.54, 1.807) is 24.5 Å². The predicted octanol–water partition coefficient (Wildman–Crippen LogP) is 3.78. The Balaban J connectivity index is 1.60. The van der Waals surface area contributed by atoms with Gasteiger partial charge in [0.05, 0.1) is 13.0 Å². The van der Waals surface area contributed by atoms with Crippen LogP contribution in [0.1, 0.15) is 6.42 Å². The van der Waals surface area contributed by atoms with Gasteiger partial charge in [-0.1, -0.05) is 24.3 Å². The lowest BCUT2D eigenvalue weighted by Gasteiger charge is -2.09. The second kappa shape index (κ2) is 6.87. The van der Waals surface area contributed by atoms with Crippen LogP contribution in [0.5, 0.6) is 5.75 Å². The van der Waals surface area contributed by atoms with Crippen LogP contribution in [0.2, 0.25) is 0 Å². The minimum atomic E-state index is -0.436. The summed E-state index contributed by atoms with van der Waals surface area (Å²) in [5.41, 5.74) is 0.723. The number of para-hydroxylation sites is 1. The van der Waals surface area contributed by atoms with E-state index in [4.69, 9.17) is 4.74 Å². The number of nitrogens with zero attached hydrogens (tertiary/aromatic N) is 1. The van der Waals surface area contributed by atoms with Gasteiger partial charge in [0.1, 0.15) is 0 Å². The van der Waals surface area contributed by atoms with E-state index in [1.165, 1.54) is 12.1 Å². The van der Waals surface area contributed by atoms with Crippen LogP contribution in [0.4, 0.5) is 10.1 Å². The van der Waals surface area contributed by atoms with Crippen molar-refractivity contribution in [3.05, 3.63) is 66.7 Å². The van der Waals surface area contributed by atoms with Crippen molar-refractivity contribution < 1.29 is 13.9 Å². The molecule has 0 aliphatic heterocycles. The molecule has 0 radical (unpaired) electrons. The summed E-state index contributed by atoms with van der Waals surface area (Å²) in [5.74, 6) is -0.475. The predicted molar refractivity (Wildman–Crippen MR) is 86.9 cm³/mol. The number of nitrogens with one attached hydrogen (secondary N) is 1. The maximum absolute atomic E-state index is 13.4. The minimum Gasteiger partial charge on any atom is -0.490 e. The van der Waals surface area contributed by atoms with Crippen molar-refractivity contribution in [1.82, 2.24) is 4.98 Å². The zero-order valence-electron chi connectivity index (χ0n) is 12.3. The summed E-state index contributed by atoms with van der Waals surface area (Å²) < 4.78 is 18.7. The van der Waals surface area contributed by atoms with E-state index in [-0.39, 0.29) is 24.7 Å².